The van der Waals surface area contributed by atoms with Crippen molar-refractivity contribution in [3.63, 3.8) is 0 Å². The Morgan fingerprint density at radius 3 is 2.08 bits per heavy atom. The first-order chi connectivity index (χ1) is 11.1. The lowest BCUT2D eigenvalue weighted by molar-refractivity contribution is 0.269. The van der Waals surface area contributed by atoms with Crippen LogP contribution >= 0.6 is 0 Å². The second-order valence-electron chi connectivity index (χ2n) is 9.92. The van der Waals surface area contributed by atoms with E-state index in [0.717, 1.165) is 18.8 Å². The van der Waals surface area contributed by atoms with Gasteiger partial charge in [0.05, 0.1) is 5.75 Å². The quantitative estimate of drug-likeness (QED) is 0.767. The van der Waals surface area contributed by atoms with Gasteiger partial charge in [0.25, 0.3) is 0 Å². The van der Waals surface area contributed by atoms with Crippen molar-refractivity contribution in [2.45, 2.75) is 54.1 Å². The maximum absolute atomic E-state index is 11.8. The number of aliphatic imine (C=N–C) groups is 1. The molecule has 0 aromatic rings. The minimum atomic E-state index is -2.99. The minimum absolute atomic E-state index is 0.0115. The van der Waals surface area contributed by atoms with E-state index in [2.05, 4.69) is 65.4 Å². The number of hydrogen-bond donors (Lipinski definition) is 0. The SMILES string of the molecule is CN(C)C1N=C(C(C)(C)C)N2CC(CS(C)(=O)=O)CC2=C1C(C)(C)C. The molecule has 0 radical (unpaired) electrons. The molecule has 144 valence electrons. The van der Waals surface area contributed by atoms with E-state index in [0.29, 0.717) is 0 Å². The fourth-order valence-electron chi connectivity index (χ4n) is 4.02. The van der Waals surface area contributed by atoms with Crippen LogP contribution in [0.3, 0.4) is 0 Å². The third-order valence-corrected chi connectivity index (χ3v) is 5.90. The number of likely N-dealkylation sites (N-methyl/N-ethyl adjacent to an activating group) is 1. The van der Waals surface area contributed by atoms with Crippen molar-refractivity contribution in [2.75, 3.05) is 32.6 Å². The zero-order valence-electron chi connectivity index (χ0n) is 17.3. The molecule has 1 saturated heterocycles. The van der Waals surface area contributed by atoms with Gasteiger partial charge >= 0.3 is 0 Å². The van der Waals surface area contributed by atoms with Crippen molar-refractivity contribution in [1.29, 1.82) is 0 Å². The van der Waals surface area contributed by atoms with E-state index >= 15 is 0 Å². The third-order valence-electron chi connectivity index (χ3n) is 4.82. The minimum Gasteiger partial charge on any atom is -0.333 e. The monoisotopic (exact) mass is 369 g/mol. The van der Waals surface area contributed by atoms with Gasteiger partial charge in [-0.25, -0.2) is 13.4 Å². The summed E-state index contributed by atoms with van der Waals surface area (Å²) in [6.45, 7) is 14.0. The smallest absolute Gasteiger partial charge is 0.147 e. The zero-order valence-corrected chi connectivity index (χ0v) is 18.2. The summed E-state index contributed by atoms with van der Waals surface area (Å²) in [4.78, 5) is 9.62. The molecule has 0 saturated carbocycles. The van der Waals surface area contributed by atoms with Crippen molar-refractivity contribution in [2.24, 2.45) is 21.7 Å². The lowest BCUT2D eigenvalue weighted by Crippen LogP contribution is -2.47. The molecule has 0 aromatic heterocycles. The summed E-state index contributed by atoms with van der Waals surface area (Å²) in [7, 11) is 1.15. The summed E-state index contributed by atoms with van der Waals surface area (Å²) in [6.07, 6.45) is 2.17. The van der Waals surface area contributed by atoms with Crippen LogP contribution in [0, 0.1) is 16.7 Å². The summed E-state index contributed by atoms with van der Waals surface area (Å²) in [6, 6.07) is 0. The average molecular weight is 370 g/mol. The predicted molar refractivity (Wildman–Crippen MR) is 105 cm³/mol. The van der Waals surface area contributed by atoms with Crippen LogP contribution in [0.5, 0.6) is 0 Å². The molecule has 0 bridgehead atoms. The number of hydrogen-bond acceptors (Lipinski definition) is 5. The van der Waals surface area contributed by atoms with E-state index in [-0.39, 0.29) is 28.7 Å². The largest absolute Gasteiger partial charge is 0.333 e. The number of rotatable bonds is 3. The van der Waals surface area contributed by atoms with Crippen LogP contribution in [-0.2, 0) is 9.84 Å². The molecule has 0 N–H and O–H groups in total. The van der Waals surface area contributed by atoms with Gasteiger partial charge in [0, 0.05) is 23.9 Å². The Morgan fingerprint density at radius 1 is 1.12 bits per heavy atom. The molecule has 0 spiro atoms. The number of nitrogens with zero attached hydrogens (tertiary/aromatic N) is 3. The number of fused-ring (bicyclic) bond motifs is 1. The molecule has 2 unspecified atom stereocenters. The lowest BCUT2D eigenvalue weighted by atomic mass is 9.80. The van der Waals surface area contributed by atoms with E-state index in [9.17, 15) is 8.42 Å². The molecule has 0 amide bonds. The molecular weight excluding hydrogens is 334 g/mol. The van der Waals surface area contributed by atoms with E-state index in [1.165, 1.54) is 17.5 Å². The van der Waals surface area contributed by atoms with Crippen LogP contribution in [0.1, 0.15) is 48.0 Å². The molecule has 6 heteroatoms. The van der Waals surface area contributed by atoms with Gasteiger partial charge in [-0.15, -0.1) is 0 Å². The first-order valence-corrected chi connectivity index (χ1v) is 11.1. The molecule has 1 fully saturated rings. The van der Waals surface area contributed by atoms with Gasteiger partial charge in [0.15, 0.2) is 0 Å². The molecule has 5 nitrogen and oxygen atoms in total. The summed E-state index contributed by atoms with van der Waals surface area (Å²) >= 11 is 0. The van der Waals surface area contributed by atoms with Gasteiger partial charge in [-0.2, -0.15) is 0 Å². The summed E-state index contributed by atoms with van der Waals surface area (Å²) in [5.74, 6) is 1.45. The van der Waals surface area contributed by atoms with Crippen LogP contribution in [0.15, 0.2) is 16.3 Å². The lowest BCUT2D eigenvalue weighted by Gasteiger charge is -2.43. The topological polar surface area (TPSA) is 53.0 Å². The molecule has 0 aliphatic carbocycles. The average Bonchev–Trinajstić information content (AvgIpc) is 2.73. The fourth-order valence-corrected chi connectivity index (χ4v) is 5.10. The number of amidine groups is 1. The highest BCUT2D eigenvalue weighted by Gasteiger charge is 2.44. The normalized spacial score (nSPS) is 25.5. The Hall–Kier alpha value is -0.880. The predicted octanol–water partition coefficient (Wildman–Crippen LogP) is 3.00. The Kier molecular flexibility index (Phi) is 5.21. The van der Waals surface area contributed by atoms with Gasteiger partial charge in [0.2, 0.25) is 0 Å². The van der Waals surface area contributed by atoms with Crippen molar-refractivity contribution in [3.05, 3.63) is 11.3 Å². The van der Waals surface area contributed by atoms with Crippen LogP contribution in [0.2, 0.25) is 0 Å². The van der Waals surface area contributed by atoms with Crippen molar-refractivity contribution >= 4 is 15.7 Å². The summed E-state index contributed by atoms with van der Waals surface area (Å²) in [5.41, 5.74) is 2.51. The van der Waals surface area contributed by atoms with Gasteiger partial charge in [-0.1, -0.05) is 41.5 Å². The zero-order chi connectivity index (χ0) is 19.4. The fraction of sp³-hybridized carbons (Fsp3) is 0.842. The second-order valence-corrected chi connectivity index (χ2v) is 12.1. The molecule has 0 aromatic carbocycles. The number of sulfone groups is 1. The highest BCUT2D eigenvalue weighted by atomic mass is 32.2. The number of allylic oxidation sites excluding steroid dienone is 1. The first kappa shape index (κ1) is 20.4. The molecule has 2 aliphatic heterocycles. The van der Waals surface area contributed by atoms with E-state index in [1.54, 1.807) is 0 Å². The maximum atomic E-state index is 11.8. The Labute approximate surface area is 154 Å². The van der Waals surface area contributed by atoms with E-state index in [4.69, 9.17) is 4.99 Å². The molecule has 2 atom stereocenters. The van der Waals surface area contributed by atoms with Gasteiger partial charge in [-0.3, -0.25) is 4.90 Å². The van der Waals surface area contributed by atoms with Crippen molar-refractivity contribution in [1.82, 2.24) is 9.80 Å². The van der Waals surface area contributed by atoms with Gasteiger partial charge < -0.3 is 4.90 Å². The molecular formula is C19H35N3O2S. The van der Waals surface area contributed by atoms with Gasteiger partial charge in [-0.05, 0) is 37.4 Å². The maximum Gasteiger partial charge on any atom is 0.147 e. The molecule has 2 heterocycles. The summed E-state index contributed by atoms with van der Waals surface area (Å²) in [5, 5.41) is 0. The Bertz CT molecular complexity index is 691. The first-order valence-electron chi connectivity index (χ1n) is 9.05. The molecule has 2 rings (SSSR count). The van der Waals surface area contributed by atoms with Crippen LogP contribution in [0.25, 0.3) is 0 Å². The van der Waals surface area contributed by atoms with Crippen LogP contribution < -0.4 is 0 Å². The summed E-state index contributed by atoms with van der Waals surface area (Å²) < 4.78 is 23.7. The Balaban J connectivity index is 2.58. The highest BCUT2D eigenvalue weighted by Crippen LogP contribution is 2.44. The van der Waals surface area contributed by atoms with Crippen LogP contribution in [-0.4, -0.2) is 62.9 Å². The van der Waals surface area contributed by atoms with Crippen molar-refractivity contribution < 1.29 is 8.42 Å². The molecule has 25 heavy (non-hydrogen) atoms. The standard InChI is InChI=1S/C19H35N3O2S/c1-18(2,3)15-14-10-13(12-25(9,23)24)11-22(14)17(19(4,5)6)20-16(15)21(7)8/h13,16H,10-12H2,1-9H3. The highest BCUT2D eigenvalue weighted by molar-refractivity contribution is 7.90. The molecule has 2 aliphatic rings. The van der Waals surface area contributed by atoms with Gasteiger partial charge in [0.1, 0.15) is 21.8 Å². The van der Waals surface area contributed by atoms with E-state index < -0.39 is 9.84 Å². The third kappa shape index (κ3) is 4.45. The van der Waals surface area contributed by atoms with Crippen LogP contribution in [0.4, 0.5) is 0 Å². The van der Waals surface area contributed by atoms with E-state index in [1.807, 2.05) is 0 Å². The second kappa shape index (κ2) is 6.38. The van der Waals surface area contributed by atoms with Crippen molar-refractivity contribution in [3.8, 4) is 0 Å². The Morgan fingerprint density at radius 2 is 1.68 bits per heavy atom.